The number of aryl methyl sites for hydroxylation is 1. The number of aromatic nitrogens is 1. The van der Waals surface area contributed by atoms with Gasteiger partial charge in [-0.05, 0) is 50.2 Å². The van der Waals surface area contributed by atoms with E-state index in [9.17, 15) is 4.39 Å². The van der Waals surface area contributed by atoms with E-state index in [4.69, 9.17) is 11.6 Å². The first-order valence-corrected chi connectivity index (χ1v) is 6.52. The molecule has 19 heavy (non-hydrogen) atoms. The molecule has 1 unspecified atom stereocenters. The summed E-state index contributed by atoms with van der Waals surface area (Å²) in [5.41, 5.74) is 2.82. The number of halogens is 2. The highest BCUT2D eigenvalue weighted by molar-refractivity contribution is 6.30. The van der Waals surface area contributed by atoms with Crippen molar-refractivity contribution in [3.63, 3.8) is 0 Å². The Morgan fingerprint density at radius 1 is 1.32 bits per heavy atom. The molecule has 1 aromatic heterocycles. The highest BCUT2D eigenvalue weighted by Crippen LogP contribution is 2.20. The quantitative estimate of drug-likeness (QED) is 0.923. The van der Waals surface area contributed by atoms with Crippen LogP contribution in [0.25, 0.3) is 0 Å². The Labute approximate surface area is 117 Å². The number of nitrogens with one attached hydrogen (secondary N) is 1. The molecule has 0 saturated carbocycles. The largest absolute Gasteiger partial charge is 0.311 e. The zero-order valence-electron chi connectivity index (χ0n) is 11.0. The second-order valence-electron chi connectivity index (χ2n) is 4.50. The van der Waals surface area contributed by atoms with Crippen LogP contribution >= 0.6 is 11.6 Å². The number of hydrogen-bond donors (Lipinski definition) is 1. The van der Waals surface area contributed by atoms with Crippen LogP contribution in [0.1, 0.15) is 23.0 Å². The van der Waals surface area contributed by atoms with Crippen LogP contribution in [0.5, 0.6) is 0 Å². The van der Waals surface area contributed by atoms with Crippen molar-refractivity contribution in [2.45, 2.75) is 19.4 Å². The Morgan fingerprint density at radius 3 is 2.74 bits per heavy atom. The fourth-order valence-electron chi connectivity index (χ4n) is 2.02. The van der Waals surface area contributed by atoms with Gasteiger partial charge in [-0.3, -0.25) is 4.98 Å². The minimum atomic E-state index is -0.383. The molecular weight excluding hydrogens is 263 g/mol. The number of benzene rings is 1. The van der Waals surface area contributed by atoms with Crippen LogP contribution in [0, 0.1) is 12.7 Å². The third kappa shape index (κ3) is 3.52. The molecule has 0 aliphatic carbocycles. The van der Waals surface area contributed by atoms with Crippen molar-refractivity contribution in [1.29, 1.82) is 0 Å². The maximum Gasteiger partial charge on any atom is 0.142 e. The molecule has 1 heterocycles. The molecule has 4 heteroatoms. The van der Waals surface area contributed by atoms with Gasteiger partial charge < -0.3 is 5.32 Å². The zero-order chi connectivity index (χ0) is 13.8. The lowest BCUT2D eigenvalue weighted by molar-refractivity contribution is 0.569. The summed E-state index contributed by atoms with van der Waals surface area (Å²) >= 11 is 5.69. The van der Waals surface area contributed by atoms with Crippen molar-refractivity contribution in [2.75, 3.05) is 7.05 Å². The van der Waals surface area contributed by atoms with E-state index in [0.717, 1.165) is 17.0 Å². The Kier molecular flexibility index (Phi) is 4.51. The average molecular weight is 279 g/mol. The lowest BCUT2D eigenvalue weighted by Gasteiger charge is -2.16. The fraction of sp³-hybridized carbons (Fsp3) is 0.267. The first-order valence-electron chi connectivity index (χ1n) is 6.15. The molecule has 0 aliphatic rings. The minimum Gasteiger partial charge on any atom is -0.311 e. The summed E-state index contributed by atoms with van der Waals surface area (Å²) in [5, 5.41) is 3.36. The summed E-state index contributed by atoms with van der Waals surface area (Å²) in [6, 6.07) is 10.9. The van der Waals surface area contributed by atoms with Crippen LogP contribution in [-0.4, -0.2) is 12.0 Å². The Balaban J connectivity index is 2.21. The molecule has 0 aliphatic heterocycles. The molecule has 2 nitrogen and oxygen atoms in total. The van der Waals surface area contributed by atoms with Gasteiger partial charge in [-0.2, -0.15) is 0 Å². The predicted octanol–water partition coefficient (Wildman–Crippen LogP) is 3.69. The second-order valence-corrected chi connectivity index (χ2v) is 4.90. The van der Waals surface area contributed by atoms with Crippen molar-refractivity contribution < 1.29 is 4.39 Å². The molecule has 0 fully saturated rings. The normalized spacial score (nSPS) is 12.4. The number of rotatable bonds is 4. The molecule has 2 rings (SSSR count). The van der Waals surface area contributed by atoms with Crippen LogP contribution in [0.2, 0.25) is 5.02 Å². The van der Waals surface area contributed by atoms with Gasteiger partial charge >= 0.3 is 0 Å². The van der Waals surface area contributed by atoms with Crippen molar-refractivity contribution >= 4 is 11.6 Å². The lowest BCUT2D eigenvalue weighted by atomic mass is 10.0. The number of likely N-dealkylation sites (N-methyl/N-ethyl adjacent to an activating group) is 1. The number of pyridine rings is 1. The van der Waals surface area contributed by atoms with Gasteiger partial charge in [-0.15, -0.1) is 0 Å². The van der Waals surface area contributed by atoms with Crippen LogP contribution in [0.15, 0.2) is 36.4 Å². The van der Waals surface area contributed by atoms with Gasteiger partial charge in [0.1, 0.15) is 5.82 Å². The van der Waals surface area contributed by atoms with Crippen molar-refractivity contribution in [2.24, 2.45) is 0 Å². The van der Waals surface area contributed by atoms with Crippen molar-refractivity contribution in [3.8, 4) is 0 Å². The first kappa shape index (κ1) is 14.0. The molecule has 0 bridgehead atoms. The summed E-state index contributed by atoms with van der Waals surface area (Å²) < 4.78 is 13.4. The van der Waals surface area contributed by atoms with E-state index in [1.165, 1.54) is 6.07 Å². The van der Waals surface area contributed by atoms with Gasteiger partial charge in [0.2, 0.25) is 0 Å². The standard InChI is InChI=1S/C15H16ClFN2/c1-10-4-3-5-14(19-10)15(18-2)9-11-6-7-12(16)13(17)8-11/h3-8,15,18H,9H2,1-2H3. The number of nitrogens with zero attached hydrogens (tertiary/aromatic N) is 1. The van der Waals surface area contributed by atoms with Crippen LogP contribution in [-0.2, 0) is 6.42 Å². The summed E-state index contributed by atoms with van der Waals surface area (Å²) in [5.74, 6) is -0.383. The van der Waals surface area contributed by atoms with Crippen LogP contribution < -0.4 is 5.32 Å². The van der Waals surface area contributed by atoms with E-state index in [0.29, 0.717) is 6.42 Å². The molecule has 1 N–H and O–H groups in total. The van der Waals surface area contributed by atoms with Gasteiger partial charge in [-0.1, -0.05) is 23.7 Å². The maximum absolute atomic E-state index is 13.4. The molecule has 1 aromatic carbocycles. The predicted molar refractivity (Wildman–Crippen MR) is 75.9 cm³/mol. The van der Waals surface area contributed by atoms with E-state index in [2.05, 4.69) is 10.3 Å². The van der Waals surface area contributed by atoms with Crippen LogP contribution in [0.3, 0.4) is 0 Å². The Morgan fingerprint density at radius 2 is 2.11 bits per heavy atom. The van der Waals surface area contributed by atoms with E-state index in [1.54, 1.807) is 6.07 Å². The van der Waals surface area contributed by atoms with Gasteiger partial charge in [-0.25, -0.2) is 4.39 Å². The third-order valence-electron chi connectivity index (χ3n) is 3.04. The van der Waals surface area contributed by atoms with Gasteiger partial charge in [0.15, 0.2) is 0 Å². The van der Waals surface area contributed by atoms with Gasteiger partial charge in [0.05, 0.1) is 16.8 Å². The topological polar surface area (TPSA) is 24.9 Å². The number of hydrogen-bond acceptors (Lipinski definition) is 2. The van der Waals surface area contributed by atoms with E-state index >= 15 is 0 Å². The monoisotopic (exact) mass is 278 g/mol. The molecule has 0 amide bonds. The van der Waals surface area contributed by atoms with E-state index < -0.39 is 0 Å². The average Bonchev–Trinajstić information content (AvgIpc) is 2.40. The SMILES string of the molecule is CNC(Cc1ccc(Cl)c(F)c1)c1cccc(C)n1. The summed E-state index contributed by atoms with van der Waals surface area (Å²) in [6.45, 7) is 1.96. The summed E-state index contributed by atoms with van der Waals surface area (Å²) in [7, 11) is 1.88. The molecule has 0 spiro atoms. The molecule has 100 valence electrons. The fourth-order valence-corrected chi connectivity index (χ4v) is 2.13. The Bertz CT molecular complexity index is 572. The molecule has 1 atom stereocenters. The van der Waals surface area contributed by atoms with Gasteiger partial charge in [0.25, 0.3) is 0 Å². The highest BCUT2D eigenvalue weighted by atomic mass is 35.5. The molecule has 0 saturated heterocycles. The zero-order valence-corrected chi connectivity index (χ0v) is 11.7. The molecular formula is C15H16ClFN2. The minimum absolute atomic E-state index is 0.0560. The summed E-state index contributed by atoms with van der Waals surface area (Å²) in [4.78, 5) is 4.50. The third-order valence-corrected chi connectivity index (χ3v) is 3.35. The molecule has 0 radical (unpaired) electrons. The highest BCUT2D eigenvalue weighted by Gasteiger charge is 2.12. The van der Waals surface area contributed by atoms with Crippen LogP contribution in [0.4, 0.5) is 4.39 Å². The first-order chi connectivity index (χ1) is 9.10. The maximum atomic E-state index is 13.4. The second kappa shape index (κ2) is 6.13. The lowest BCUT2D eigenvalue weighted by Crippen LogP contribution is -2.20. The summed E-state index contributed by atoms with van der Waals surface area (Å²) in [6.07, 6.45) is 0.668. The molecule has 2 aromatic rings. The smallest absolute Gasteiger partial charge is 0.142 e. The van der Waals surface area contributed by atoms with Crippen molar-refractivity contribution in [1.82, 2.24) is 10.3 Å². The van der Waals surface area contributed by atoms with Crippen molar-refractivity contribution in [3.05, 3.63) is 64.2 Å². The van der Waals surface area contributed by atoms with E-state index in [-0.39, 0.29) is 16.9 Å². The Hall–Kier alpha value is -1.45. The van der Waals surface area contributed by atoms with Gasteiger partial charge in [0, 0.05) is 5.69 Å². The van der Waals surface area contributed by atoms with E-state index in [1.807, 2.05) is 38.2 Å².